The number of rotatable bonds is 4. The average Bonchev–Trinajstić information content (AvgIpc) is 2.62. The van der Waals surface area contributed by atoms with Gasteiger partial charge in [-0.2, -0.15) is 8.42 Å². The fourth-order valence-electron chi connectivity index (χ4n) is 2.55. The fraction of sp³-hybridized carbons (Fsp3) is 0.111. The van der Waals surface area contributed by atoms with Crippen LogP contribution in [-0.2, 0) is 10.1 Å². The second-order valence-electron chi connectivity index (χ2n) is 5.80. The van der Waals surface area contributed by atoms with Crippen molar-refractivity contribution >= 4 is 44.9 Å². The molecule has 0 fully saturated rings. The number of azo groups is 1. The van der Waals surface area contributed by atoms with E-state index in [0.717, 1.165) is 10.5 Å². The van der Waals surface area contributed by atoms with Crippen LogP contribution in [0, 0.1) is 6.92 Å². The quantitative estimate of drug-likeness (QED) is 0.328. The van der Waals surface area contributed by atoms with E-state index >= 15 is 0 Å². The summed E-state index contributed by atoms with van der Waals surface area (Å²) in [6.45, 7) is 1.87. The first-order chi connectivity index (χ1) is 12.7. The number of aryl methyl sites for hydroxylation is 1. The van der Waals surface area contributed by atoms with Crippen molar-refractivity contribution in [2.75, 3.05) is 7.11 Å². The summed E-state index contributed by atoms with van der Waals surface area (Å²) < 4.78 is 37.1. The van der Waals surface area contributed by atoms with E-state index in [9.17, 15) is 18.1 Å². The number of ether oxygens (including phenoxy) is 1. The van der Waals surface area contributed by atoms with Crippen molar-refractivity contribution in [3.63, 3.8) is 0 Å². The molecule has 3 aromatic rings. The maximum atomic E-state index is 11.3. The summed E-state index contributed by atoms with van der Waals surface area (Å²) in [6, 6.07) is 10.4. The molecule has 9 heteroatoms. The Kier molecular flexibility index (Phi) is 5.09. The van der Waals surface area contributed by atoms with E-state index in [1.165, 1.54) is 37.4 Å². The number of aromatic hydroxyl groups is 1. The van der Waals surface area contributed by atoms with E-state index in [0.29, 0.717) is 22.2 Å². The third kappa shape index (κ3) is 3.90. The van der Waals surface area contributed by atoms with Crippen molar-refractivity contribution in [3.8, 4) is 11.5 Å². The minimum atomic E-state index is -4.33. The zero-order chi connectivity index (χ0) is 19.8. The van der Waals surface area contributed by atoms with Crippen molar-refractivity contribution in [3.05, 3.63) is 48.0 Å². The van der Waals surface area contributed by atoms with Crippen LogP contribution in [0.2, 0.25) is 0 Å². The lowest BCUT2D eigenvalue weighted by molar-refractivity contribution is 0.414. The molecule has 0 aliphatic heterocycles. The molecular formula is C18H16N2O5S2. The molecule has 3 aromatic carbocycles. The van der Waals surface area contributed by atoms with Crippen LogP contribution in [0.1, 0.15) is 5.56 Å². The average molecular weight is 404 g/mol. The van der Waals surface area contributed by atoms with Crippen LogP contribution in [0.3, 0.4) is 0 Å². The Hall–Kier alpha value is -2.62. The summed E-state index contributed by atoms with van der Waals surface area (Å²) in [7, 11) is -2.83. The standard InChI is InChI=1S/C18H16N2O5S2/c1-10-7-14(16(25-2)9-17(10)26)19-20-18-13-5-4-12(27(22,23)24)8-11(13)3-6-15(18)21/h3-9,21,26H,1-2H3,(H,22,23,24). The summed E-state index contributed by atoms with van der Waals surface area (Å²) in [5, 5.41) is 19.4. The van der Waals surface area contributed by atoms with Crippen LogP contribution in [0.25, 0.3) is 10.8 Å². The molecule has 27 heavy (non-hydrogen) atoms. The molecule has 0 bridgehead atoms. The molecule has 2 N–H and O–H groups in total. The SMILES string of the molecule is COc1cc(S)c(C)cc1N=Nc1c(O)ccc2cc(S(=O)(=O)O)ccc12. The van der Waals surface area contributed by atoms with Crippen molar-refractivity contribution in [2.24, 2.45) is 10.2 Å². The number of fused-ring (bicyclic) bond motifs is 1. The molecular weight excluding hydrogens is 388 g/mol. The van der Waals surface area contributed by atoms with Gasteiger partial charge in [-0.1, -0.05) is 12.1 Å². The summed E-state index contributed by atoms with van der Waals surface area (Å²) in [5.41, 5.74) is 1.51. The van der Waals surface area contributed by atoms with Crippen molar-refractivity contribution in [2.45, 2.75) is 16.7 Å². The van der Waals surface area contributed by atoms with Gasteiger partial charge < -0.3 is 9.84 Å². The monoisotopic (exact) mass is 404 g/mol. The molecule has 0 aliphatic rings. The summed E-state index contributed by atoms with van der Waals surface area (Å²) >= 11 is 4.34. The van der Waals surface area contributed by atoms with Gasteiger partial charge in [-0.05, 0) is 48.2 Å². The Bertz CT molecular complexity index is 1170. The normalized spacial score (nSPS) is 12.0. The fourth-order valence-corrected chi connectivity index (χ4v) is 3.25. The van der Waals surface area contributed by atoms with Crippen molar-refractivity contribution < 1.29 is 22.8 Å². The first-order valence-electron chi connectivity index (χ1n) is 7.73. The molecule has 0 atom stereocenters. The number of phenols is 1. The molecule has 0 heterocycles. The van der Waals surface area contributed by atoms with Gasteiger partial charge in [0.2, 0.25) is 0 Å². The highest BCUT2D eigenvalue weighted by Crippen LogP contribution is 2.39. The summed E-state index contributed by atoms with van der Waals surface area (Å²) in [4.78, 5) is 0.502. The number of thiol groups is 1. The third-order valence-corrected chi connectivity index (χ3v) is 5.33. The van der Waals surface area contributed by atoms with E-state index in [4.69, 9.17) is 4.74 Å². The van der Waals surface area contributed by atoms with Crippen LogP contribution >= 0.6 is 12.6 Å². The largest absolute Gasteiger partial charge is 0.506 e. The molecule has 0 amide bonds. The maximum absolute atomic E-state index is 11.3. The predicted octanol–water partition coefficient (Wildman–Crippen LogP) is 4.81. The minimum Gasteiger partial charge on any atom is -0.506 e. The molecule has 0 radical (unpaired) electrons. The van der Waals surface area contributed by atoms with Crippen LogP contribution in [-0.4, -0.2) is 25.2 Å². The van der Waals surface area contributed by atoms with E-state index < -0.39 is 10.1 Å². The van der Waals surface area contributed by atoms with Gasteiger partial charge in [-0.25, -0.2) is 0 Å². The molecule has 7 nitrogen and oxygen atoms in total. The maximum Gasteiger partial charge on any atom is 0.294 e. The van der Waals surface area contributed by atoms with Gasteiger partial charge in [0.15, 0.2) is 0 Å². The lowest BCUT2D eigenvalue weighted by Gasteiger charge is -2.08. The number of hydrogen-bond donors (Lipinski definition) is 3. The second-order valence-corrected chi connectivity index (χ2v) is 7.71. The number of hydrogen-bond acceptors (Lipinski definition) is 7. The number of phenolic OH excluding ortho intramolecular Hbond substituents is 1. The Morgan fingerprint density at radius 3 is 2.48 bits per heavy atom. The van der Waals surface area contributed by atoms with E-state index in [1.807, 2.05) is 6.92 Å². The van der Waals surface area contributed by atoms with Gasteiger partial charge in [0.1, 0.15) is 22.9 Å². The smallest absolute Gasteiger partial charge is 0.294 e. The van der Waals surface area contributed by atoms with Gasteiger partial charge in [-0.3, -0.25) is 4.55 Å². The van der Waals surface area contributed by atoms with Gasteiger partial charge in [0.25, 0.3) is 10.1 Å². The van der Waals surface area contributed by atoms with Crippen LogP contribution in [0.4, 0.5) is 11.4 Å². The van der Waals surface area contributed by atoms with Gasteiger partial charge >= 0.3 is 0 Å². The minimum absolute atomic E-state index is 0.118. The molecule has 0 aromatic heterocycles. The Labute approximate surface area is 161 Å². The topological polar surface area (TPSA) is 109 Å². The molecule has 0 spiro atoms. The van der Waals surface area contributed by atoms with Crippen LogP contribution < -0.4 is 4.74 Å². The van der Waals surface area contributed by atoms with E-state index in [2.05, 4.69) is 22.9 Å². The van der Waals surface area contributed by atoms with E-state index in [-0.39, 0.29) is 16.3 Å². The highest BCUT2D eigenvalue weighted by Gasteiger charge is 2.13. The first-order valence-corrected chi connectivity index (χ1v) is 9.62. The lowest BCUT2D eigenvalue weighted by Crippen LogP contribution is -1.97. The zero-order valence-electron chi connectivity index (χ0n) is 14.4. The predicted molar refractivity (Wildman–Crippen MR) is 105 cm³/mol. The Morgan fingerprint density at radius 1 is 1.07 bits per heavy atom. The molecule has 0 saturated carbocycles. The molecule has 0 aliphatic carbocycles. The van der Waals surface area contributed by atoms with Gasteiger partial charge in [0.05, 0.1) is 12.0 Å². The van der Waals surface area contributed by atoms with Crippen molar-refractivity contribution in [1.82, 2.24) is 0 Å². The molecule has 0 unspecified atom stereocenters. The summed E-state index contributed by atoms with van der Waals surface area (Å²) in [6.07, 6.45) is 0. The lowest BCUT2D eigenvalue weighted by atomic mass is 10.1. The second kappa shape index (κ2) is 7.18. The van der Waals surface area contributed by atoms with Crippen LogP contribution in [0.5, 0.6) is 11.5 Å². The molecule has 140 valence electrons. The van der Waals surface area contributed by atoms with Gasteiger partial charge in [0, 0.05) is 10.3 Å². The van der Waals surface area contributed by atoms with Crippen LogP contribution in [0.15, 0.2) is 62.5 Å². The molecule has 0 saturated heterocycles. The highest BCUT2D eigenvalue weighted by molar-refractivity contribution is 7.85. The van der Waals surface area contributed by atoms with Crippen molar-refractivity contribution in [1.29, 1.82) is 0 Å². The third-order valence-electron chi connectivity index (χ3n) is 3.99. The van der Waals surface area contributed by atoms with Gasteiger partial charge in [-0.15, -0.1) is 22.9 Å². The number of nitrogens with zero attached hydrogens (tertiary/aromatic N) is 2. The number of methoxy groups -OCH3 is 1. The Balaban J connectivity index is 2.13. The number of benzene rings is 3. The molecule has 3 rings (SSSR count). The van der Waals surface area contributed by atoms with E-state index in [1.54, 1.807) is 12.1 Å². The zero-order valence-corrected chi connectivity index (χ0v) is 16.1. The summed E-state index contributed by atoms with van der Waals surface area (Å²) in [5.74, 6) is 0.357. The Morgan fingerprint density at radius 2 is 1.81 bits per heavy atom. The first kappa shape index (κ1) is 19.2. The highest BCUT2D eigenvalue weighted by atomic mass is 32.2.